The van der Waals surface area contributed by atoms with Crippen molar-refractivity contribution in [3.63, 3.8) is 0 Å². The highest BCUT2D eigenvalue weighted by molar-refractivity contribution is 5.78. The highest BCUT2D eigenvalue weighted by Crippen LogP contribution is 2.22. The molecule has 0 N–H and O–H groups in total. The molecule has 258 valence electrons. The van der Waals surface area contributed by atoms with E-state index in [1.165, 1.54) is 0 Å². The molecule has 0 unspecified atom stereocenters. The molecule has 0 saturated carbocycles. The van der Waals surface area contributed by atoms with Gasteiger partial charge in [-0.3, -0.25) is 9.59 Å². The molecule has 0 saturated heterocycles. The lowest BCUT2D eigenvalue weighted by atomic mass is 10.1. The number of Topliss-reactive ketones (excluding diaryl/α,β-unsaturated/α-hetero) is 2. The van der Waals surface area contributed by atoms with Crippen molar-refractivity contribution in [2.75, 3.05) is 73.4 Å². The van der Waals surface area contributed by atoms with Gasteiger partial charge in [-0.2, -0.15) is 0 Å². The van der Waals surface area contributed by atoms with E-state index in [0.29, 0.717) is 44.7 Å². The van der Waals surface area contributed by atoms with E-state index in [1.807, 2.05) is 33.7 Å². The molecule has 0 spiro atoms. The van der Waals surface area contributed by atoms with Gasteiger partial charge in [-0.25, -0.2) is 9.13 Å². The Bertz CT molecular complexity index is 1080. The summed E-state index contributed by atoms with van der Waals surface area (Å²) in [5.74, 6) is 1.21. The first-order chi connectivity index (χ1) is 19.8. The summed E-state index contributed by atoms with van der Waals surface area (Å²) in [6.07, 6.45) is 10.0. The van der Waals surface area contributed by atoms with Crippen LogP contribution in [0.15, 0.2) is 46.9 Å². The van der Waals surface area contributed by atoms with Crippen molar-refractivity contribution in [2.24, 2.45) is 10.2 Å². The first-order valence-electron chi connectivity index (χ1n) is 15.8. The predicted octanol–water partition coefficient (Wildman–Crippen LogP) is -3.28. The Morgan fingerprint density at radius 3 is 1.76 bits per heavy atom. The van der Waals surface area contributed by atoms with Crippen LogP contribution >= 0.6 is 0 Å². The average molecular weight is 736 g/mol. The standard InChI is InChI=1S/C33H58N7O2.BrH.2ClH/c1-9-36(10-2)30-19-17-29(18-20-30)34-35-33-37(23-21-31(41)15-11-13-27-39(3,4)5)25-26-38(33)24-22-32(42)16-12-14-28-40(6,7)8;;;/h17-20,25-26H,9-16,21-24,27-28H2,1-8H3;3*1H/q+3;;;/p-3. The summed E-state index contributed by atoms with van der Waals surface area (Å²) in [6.45, 7) is 9.44. The monoisotopic (exact) mass is 733 g/mol. The molecule has 1 heterocycles. The summed E-state index contributed by atoms with van der Waals surface area (Å²) in [5, 5.41) is 9.16. The lowest BCUT2D eigenvalue weighted by Crippen LogP contribution is -3.00. The van der Waals surface area contributed by atoms with Crippen molar-refractivity contribution < 1.29 is 64.9 Å². The smallest absolute Gasteiger partial charge is 0.421 e. The molecule has 45 heavy (non-hydrogen) atoms. The maximum absolute atomic E-state index is 12.6. The summed E-state index contributed by atoms with van der Waals surface area (Å²) in [4.78, 5) is 27.6. The largest absolute Gasteiger partial charge is 1.00 e. The number of azo groups is 1. The molecular formula is C33H58BrCl2N7O2. The third kappa shape index (κ3) is 18.8. The van der Waals surface area contributed by atoms with E-state index >= 15 is 0 Å². The molecule has 0 bridgehead atoms. The predicted molar refractivity (Wildman–Crippen MR) is 172 cm³/mol. The number of benzene rings is 1. The molecular weight excluding hydrogens is 677 g/mol. The Kier molecular flexibility index (Phi) is 22.8. The molecule has 9 nitrogen and oxygen atoms in total. The summed E-state index contributed by atoms with van der Waals surface area (Å²) >= 11 is 0. The number of unbranched alkanes of at least 4 members (excludes halogenated alkanes) is 2. The van der Waals surface area contributed by atoms with Crippen molar-refractivity contribution in [1.29, 1.82) is 0 Å². The number of anilines is 1. The Morgan fingerprint density at radius 2 is 1.27 bits per heavy atom. The van der Waals surface area contributed by atoms with Crippen molar-refractivity contribution in [3.8, 4) is 0 Å². The van der Waals surface area contributed by atoms with Crippen molar-refractivity contribution >= 4 is 28.9 Å². The van der Waals surface area contributed by atoms with Crippen LogP contribution in [0.25, 0.3) is 0 Å². The molecule has 0 radical (unpaired) electrons. The van der Waals surface area contributed by atoms with E-state index in [1.54, 1.807) is 0 Å². The van der Waals surface area contributed by atoms with Gasteiger partial charge >= 0.3 is 5.95 Å². The number of hydrogen-bond acceptors (Lipinski definition) is 5. The maximum atomic E-state index is 12.6. The number of carbonyl (C=O) groups excluding carboxylic acids is 2. The van der Waals surface area contributed by atoms with Crippen molar-refractivity contribution in [3.05, 3.63) is 36.7 Å². The summed E-state index contributed by atoms with van der Waals surface area (Å²) < 4.78 is 5.82. The van der Waals surface area contributed by atoms with Crippen molar-refractivity contribution in [1.82, 2.24) is 4.57 Å². The maximum Gasteiger partial charge on any atom is 0.421 e. The van der Waals surface area contributed by atoms with E-state index in [-0.39, 0.29) is 53.4 Å². The fraction of sp³-hybridized carbons (Fsp3) is 0.667. The van der Waals surface area contributed by atoms with Crippen LogP contribution in [-0.2, 0) is 22.7 Å². The quantitative estimate of drug-likeness (QED) is 0.0586. The summed E-state index contributed by atoms with van der Waals surface area (Å²) in [6, 6.07) is 8.11. The summed E-state index contributed by atoms with van der Waals surface area (Å²) in [7, 11) is 13.1. The molecule has 0 aliphatic carbocycles. The van der Waals surface area contributed by atoms with Gasteiger partial charge in [-0.1, -0.05) is 5.11 Å². The van der Waals surface area contributed by atoms with Gasteiger partial charge in [0.2, 0.25) is 0 Å². The van der Waals surface area contributed by atoms with E-state index < -0.39 is 0 Å². The van der Waals surface area contributed by atoms with E-state index in [4.69, 9.17) is 0 Å². The number of quaternary nitrogens is 2. The fourth-order valence-electron chi connectivity index (χ4n) is 4.90. The van der Waals surface area contributed by atoms with Crippen LogP contribution in [0.5, 0.6) is 0 Å². The zero-order valence-corrected chi connectivity index (χ0v) is 32.0. The van der Waals surface area contributed by atoms with E-state index in [2.05, 4.69) is 83.4 Å². The fourth-order valence-corrected chi connectivity index (χ4v) is 4.90. The number of carbonyl (C=O) groups is 2. The second-order valence-electron chi connectivity index (χ2n) is 13.4. The number of aromatic nitrogens is 2. The lowest BCUT2D eigenvalue weighted by Gasteiger charge is -2.23. The molecule has 0 fully saturated rings. The first-order valence-corrected chi connectivity index (χ1v) is 15.8. The van der Waals surface area contributed by atoms with Gasteiger partial charge in [0.15, 0.2) is 0 Å². The number of halogens is 3. The Hall–Kier alpha value is -1.85. The minimum Gasteiger partial charge on any atom is -1.00 e. The minimum absolute atomic E-state index is 0. The van der Waals surface area contributed by atoms with Crippen LogP contribution in [0.1, 0.15) is 65.2 Å². The molecule has 2 aromatic rings. The number of rotatable bonds is 21. The van der Waals surface area contributed by atoms with E-state index in [0.717, 1.165) is 72.2 Å². The Morgan fingerprint density at radius 1 is 0.756 bits per heavy atom. The second kappa shape index (κ2) is 22.6. The van der Waals surface area contributed by atoms with Gasteiger partial charge in [-0.05, 0) is 63.8 Å². The molecule has 0 atom stereocenters. The van der Waals surface area contributed by atoms with Crippen LogP contribution in [0, 0.1) is 0 Å². The molecule has 0 amide bonds. The number of aryl methyl sites for hydroxylation is 2. The number of hydrogen-bond donors (Lipinski definition) is 0. The van der Waals surface area contributed by atoms with Gasteiger partial charge in [0.05, 0.1) is 80.9 Å². The van der Waals surface area contributed by atoms with Gasteiger partial charge < -0.3 is 55.7 Å². The third-order valence-electron chi connectivity index (χ3n) is 7.51. The van der Waals surface area contributed by atoms with Gasteiger partial charge in [0, 0.05) is 49.6 Å². The lowest BCUT2D eigenvalue weighted by molar-refractivity contribution is -0.870. The third-order valence-corrected chi connectivity index (χ3v) is 7.51. The first kappa shape index (κ1) is 45.3. The number of ketones is 2. The zero-order chi connectivity index (χ0) is 31.2. The highest BCUT2D eigenvalue weighted by Gasteiger charge is 2.19. The molecule has 12 heteroatoms. The van der Waals surface area contributed by atoms with Crippen LogP contribution in [0.4, 0.5) is 17.3 Å². The number of nitrogens with zero attached hydrogens (tertiary/aromatic N) is 7. The van der Waals surface area contributed by atoms with Crippen LogP contribution in [-0.4, -0.2) is 93.6 Å². The molecule has 1 aromatic heterocycles. The van der Waals surface area contributed by atoms with Crippen LogP contribution in [0.2, 0.25) is 0 Å². The molecule has 0 aliphatic heterocycles. The van der Waals surface area contributed by atoms with Crippen LogP contribution < -0.4 is 51.3 Å². The Balaban J connectivity index is 0. The van der Waals surface area contributed by atoms with Crippen LogP contribution in [0.3, 0.4) is 0 Å². The second-order valence-corrected chi connectivity index (χ2v) is 13.4. The van der Waals surface area contributed by atoms with Gasteiger partial charge in [-0.15, -0.1) is 0 Å². The highest BCUT2D eigenvalue weighted by atomic mass is 79.9. The average Bonchev–Trinajstić information content (AvgIpc) is 3.31. The number of imidazole rings is 1. The molecule has 0 aliphatic rings. The minimum atomic E-state index is 0. The molecule has 1 aromatic carbocycles. The Labute approximate surface area is 295 Å². The SMILES string of the molecule is CCN(CC)c1ccc(N=Nc2n(CCC(=O)CCCC[N+](C)(C)C)cc[n+]2CCC(=O)CCCC[N+](C)(C)C)cc1.[Br-].[Cl-].[Cl-]. The van der Waals surface area contributed by atoms with E-state index in [9.17, 15) is 9.59 Å². The van der Waals surface area contributed by atoms with Crippen molar-refractivity contribution in [2.45, 2.75) is 78.3 Å². The topological polar surface area (TPSA) is 70.9 Å². The summed E-state index contributed by atoms with van der Waals surface area (Å²) in [5.41, 5.74) is 1.93. The normalized spacial score (nSPS) is 11.5. The zero-order valence-electron chi connectivity index (χ0n) is 28.9. The van der Waals surface area contributed by atoms with Gasteiger partial charge in [0.25, 0.3) is 0 Å². The van der Waals surface area contributed by atoms with Gasteiger partial charge in [0.1, 0.15) is 17.3 Å². The molecule has 2 rings (SSSR count).